The molecule has 0 atom stereocenters. The van der Waals surface area contributed by atoms with Gasteiger partial charge in [0.25, 0.3) is 0 Å². The second kappa shape index (κ2) is 8.47. The molecule has 1 rings (SSSR count). The Hall–Kier alpha value is -0.840. The Kier molecular flexibility index (Phi) is 9.36. The van der Waals surface area contributed by atoms with E-state index in [9.17, 15) is 13.2 Å². The molecule has 88 valence electrons. The Bertz CT molecular complexity index is 247. The van der Waals surface area contributed by atoms with Crippen molar-refractivity contribution in [3.05, 3.63) is 23.2 Å². The van der Waals surface area contributed by atoms with E-state index in [2.05, 4.69) is 9.97 Å². The molecule has 0 radical (unpaired) electrons. The largest absolute Gasteiger partial charge is 0.434 e. The van der Waals surface area contributed by atoms with Crippen LogP contribution in [-0.4, -0.2) is 9.97 Å². The van der Waals surface area contributed by atoms with Gasteiger partial charge in [-0.25, -0.2) is 9.97 Å². The molecule has 0 aromatic carbocycles. The molecule has 1 aromatic rings. The molecule has 0 N–H and O–H groups in total. The zero-order valence-corrected chi connectivity index (χ0v) is 9.82. The maximum absolute atomic E-state index is 11.8. The van der Waals surface area contributed by atoms with Gasteiger partial charge in [0.15, 0.2) is 5.69 Å². The first-order valence-corrected chi connectivity index (χ1v) is 4.92. The van der Waals surface area contributed by atoms with Gasteiger partial charge in [-0.2, -0.15) is 13.2 Å². The van der Waals surface area contributed by atoms with Crippen molar-refractivity contribution in [3.63, 3.8) is 0 Å². The van der Waals surface area contributed by atoms with Gasteiger partial charge < -0.3 is 0 Å². The van der Waals surface area contributed by atoms with Crippen LogP contribution in [0.2, 0.25) is 5.15 Å². The third kappa shape index (κ3) is 7.13. The number of alkyl halides is 3. The van der Waals surface area contributed by atoms with Crippen LogP contribution < -0.4 is 0 Å². The third-order valence-electron chi connectivity index (χ3n) is 0.911. The monoisotopic (exact) mass is 242 g/mol. The van der Waals surface area contributed by atoms with Gasteiger partial charge in [-0.05, 0) is 0 Å². The van der Waals surface area contributed by atoms with Crippen LogP contribution in [0.5, 0.6) is 0 Å². The quantitative estimate of drug-likeness (QED) is 0.681. The first kappa shape index (κ1) is 16.6. The van der Waals surface area contributed by atoms with Crippen LogP contribution in [-0.2, 0) is 6.18 Å². The van der Waals surface area contributed by atoms with Crippen LogP contribution >= 0.6 is 11.6 Å². The molecule has 15 heavy (non-hydrogen) atoms. The predicted molar refractivity (Wildman–Crippen MR) is 54.7 cm³/mol. The van der Waals surface area contributed by atoms with Crippen LogP contribution in [0.25, 0.3) is 0 Å². The molecule has 6 heteroatoms. The van der Waals surface area contributed by atoms with Crippen LogP contribution in [0.3, 0.4) is 0 Å². The molecule has 0 unspecified atom stereocenters. The van der Waals surface area contributed by atoms with Gasteiger partial charge in [-0.15, -0.1) is 0 Å². The maximum atomic E-state index is 11.8. The summed E-state index contributed by atoms with van der Waals surface area (Å²) in [7, 11) is 0. The molecule has 2 nitrogen and oxygen atoms in total. The minimum atomic E-state index is -4.45. The Morgan fingerprint density at radius 2 is 1.47 bits per heavy atom. The summed E-state index contributed by atoms with van der Waals surface area (Å²) in [6.07, 6.45) is -3.01. The lowest BCUT2D eigenvalue weighted by atomic mass is 10.4. The number of aromatic nitrogens is 2. The fraction of sp³-hybridized carbons (Fsp3) is 0.556. The van der Waals surface area contributed by atoms with Crippen LogP contribution in [0.1, 0.15) is 33.4 Å². The molecule has 1 heterocycles. The van der Waals surface area contributed by atoms with E-state index < -0.39 is 11.9 Å². The lowest BCUT2D eigenvalue weighted by Gasteiger charge is -2.02. The van der Waals surface area contributed by atoms with Crippen LogP contribution in [0, 0.1) is 0 Å². The minimum absolute atomic E-state index is 0.0574. The molecular weight excluding hydrogens is 229 g/mol. The van der Waals surface area contributed by atoms with E-state index in [1.54, 1.807) is 0 Å². The number of nitrogens with zero attached hydrogens (tertiary/aromatic N) is 2. The molecular formula is C9H14ClF3N2. The van der Waals surface area contributed by atoms with Gasteiger partial charge in [0, 0.05) is 0 Å². The first-order chi connectivity index (χ1) is 7.00. The van der Waals surface area contributed by atoms with Gasteiger partial charge in [0.05, 0.1) is 12.4 Å². The lowest BCUT2D eigenvalue weighted by molar-refractivity contribution is -0.141. The topological polar surface area (TPSA) is 25.8 Å². The van der Waals surface area contributed by atoms with Crippen molar-refractivity contribution in [2.45, 2.75) is 33.9 Å². The maximum Gasteiger partial charge on any atom is 0.434 e. The van der Waals surface area contributed by atoms with Crippen molar-refractivity contribution < 1.29 is 13.2 Å². The van der Waals surface area contributed by atoms with Crippen LogP contribution in [0.15, 0.2) is 12.4 Å². The molecule has 0 saturated heterocycles. The number of rotatable bonds is 0. The SMILES string of the molecule is CC.CC.FC(F)(F)c1cnc(Cl)cn1. The fourth-order valence-corrected chi connectivity index (χ4v) is 0.556. The molecule has 0 bridgehead atoms. The van der Waals surface area contributed by atoms with Gasteiger partial charge in [0.2, 0.25) is 0 Å². The Morgan fingerprint density at radius 1 is 1.00 bits per heavy atom. The zero-order valence-electron chi connectivity index (χ0n) is 9.06. The lowest BCUT2D eigenvalue weighted by Crippen LogP contribution is -2.07. The smallest absolute Gasteiger partial charge is 0.247 e. The predicted octanol–water partition coefficient (Wildman–Crippen LogP) is 4.20. The zero-order chi connectivity index (χ0) is 12.5. The van der Waals surface area contributed by atoms with Crippen molar-refractivity contribution in [1.82, 2.24) is 9.97 Å². The van der Waals surface area contributed by atoms with Crippen molar-refractivity contribution >= 4 is 11.6 Å². The highest BCUT2D eigenvalue weighted by Crippen LogP contribution is 2.26. The van der Waals surface area contributed by atoms with E-state index in [1.807, 2.05) is 27.7 Å². The highest BCUT2D eigenvalue weighted by molar-refractivity contribution is 6.29. The van der Waals surface area contributed by atoms with Gasteiger partial charge in [-0.3, -0.25) is 0 Å². The summed E-state index contributed by atoms with van der Waals surface area (Å²) in [5.74, 6) is 0. The molecule has 0 spiro atoms. The summed E-state index contributed by atoms with van der Waals surface area (Å²) < 4.78 is 35.3. The molecule has 0 aliphatic carbocycles. The summed E-state index contributed by atoms with van der Waals surface area (Å²) in [5.41, 5.74) is -1.04. The number of hydrogen-bond acceptors (Lipinski definition) is 2. The van der Waals surface area contributed by atoms with E-state index in [-0.39, 0.29) is 5.15 Å². The first-order valence-electron chi connectivity index (χ1n) is 4.55. The molecule has 0 amide bonds. The van der Waals surface area contributed by atoms with Crippen LogP contribution in [0.4, 0.5) is 13.2 Å². The average molecular weight is 243 g/mol. The fourth-order valence-electron chi connectivity index (χ4n) is 0.459. The molecule has 0 saturated carbocycles. The van der Waals surface area contributed by atoms with E-state index in [0.29, 0.717) is 6.20 Å². The third-order valence-corrected chi connectivity index (χ3v) is 1.11. The number of halogens is 4. The summed E-state index contributed by atoms with van der Waals surface area (Å²) in [4.78, 5) is 6.26. The van der Waals surface area contributed by atoms with E-state index >= 15 is 0 Å². The Morgan fingerprint density at radius 3 is 1.73 bits per heavy atom. The Balaban J connectivity index is 0. The molecule has 1 aromatic heterocycles. The van der Waals surface area contributed by atoms with Gasteiger partial charge in [-0.1, -0.05) is 39.3 Å². The molecule has 0 aliphatic heterocycles. The molecule has 0 aliphatic rings. The number of hydrogen-bond donors (Lipinski definition) is 0. The summed E-state index contributed by atoms with van der Waals surface area (Å²) in [6, 6.07) is 0. The summed E-state index contributed by atoms with van der Waals surface area (Å²) >= 11 is 5.22. The normalized spacial score (nSPS) is 9.33. The second-order valence-electron chi connectivity index (χ2n) is 1.72. The average Bonchev–Trinajstić information content (AvgIpc) is 2.23. The summed E-state index contributed by atoms with van der Waals surface area (Å²) in [6.45, 7) is 8.00. The van der Waals surface area contributed by atoms with Crippen molar-refractivity contribution in [3.8, 4) is 0 Å². The summed E-state index contributed by atoms with van der Waals surface area (Å²) in [5, 5.41) is -0.0574. The second-order valence-corrected chi connectivity index (χ2v) is 2.11. The standard InChI is InChI=1S/C5H2ClF3N2.2C2H6/c6-4-2-10-3(1-11-4)5(7,8)9;2*1-2/h1-2H;2*1-2H3. The van der Waals surface area contributed by atoms with Gasteiger partial charge >= 0.3 is 6.18 Å². The molecule has 0 fully saturated rings. The Labute approximate surface area is 92.5 Å². The van der Waals surface area contributed by atoms with E-state index in [0.717, 1.165) is 6.20 Å². The highest BCUT2D eigenvalue weighted by atomic mass is 35.5. The van der Waals surface area contributed by atoms with Crippen molar-refractivity contribution in [2.24, 2.45) is 0 Å². The minimum Gasteiger partial charge on any atom is -0.247 e. The van der Waals surface area contributed by atoms with E-state index in [1.165, 1.54) is 0 Å². The van der Waals surface area contributed by atoms with Crippen molar-refractivity contribution in [1.29, 1.82) is 0 Å². The highest BCUT2D eigenvalue weighted by Gasteiger charge is 2.32. The van der Waals surface area contributed by atoms with Gasteiger partial charge in [0.1, 0.15) is 5.15 Å². The van der Waals surface area contributed by atoms with E-state index in [4.69, 9.17) is 11.6 Å². The van der Waals surface area contributed by atoms with Crippen molar-refractivity contribution in [2.75, 3.05) is 0 Å².